The molecule has 0 aliphatic carbocycles. The van der Waals surface area contributed by atoms with E-state index in [4.69, 9.17) is 19.1 Å². The lowest BCUT2D eigenvalue weighted by atomic mass is 10.1. The number of nitrogens with zero attached hydrogens (tertiary/aromatic N) is 4. The van der Waals surface area contributed by atoms with Gasteiger partial charge in [0.15, 0.2) is 5.16 Å². The Morgan fingerprint density at radius 2 is 1.77 bits per heavy atom. The summed E-state index contributed by atoms with van der Waals surface area (Å²) in [5.41, 5.74) is 3.93. The number of nitrogens with one attached hydrogen (secondary N) is 1. The van der Waals surface area contributed by atoms with Gasteiger partial charge in [-0.2, -0.15) is 0 Å². The molecule has 1 N–H and O–H groups in total. The summed E-state index contributed by atoms with van der Waals surface area (Å²) < 4.78 is 10.6. The van der Waals surface area contributed by atoms with Crippen molar-refractivity contribution in [2.24, 2.45) is 0 Å². The van der Waals surface area contributed by atoms with Gasteiger partial charge >= 0.3 is 0 Å². The fourth-order valence-corrected chi connectivity index (χ4v) is 5.30. The maximum absolute atomic E-state index is 12.4. The third-order valence-electron chi connectivity index (χ3n) is 6.57. The van der Waals surface area contributed by atoms with Crippen molar-refractivity contribution in [3.63, 3.8) is 0 Å². The van der Waals surface area contributed by atoms with Crippen molar-refractivity contribution in [2.75, 3.05) is 38.2 Å². The van der Waals surface area contributed by atoms with E-state index in [0.29, 0.717) is 24.5 Å². The van der Waals surface area contributed by atoms with Gasteiger partial charge in [-0.3, -0.25) is 9.69 Å². The van der Waals surface area contributed by atoms with Crippen molar-refractivity contribution < 1.29 is 13.9 Å². The highest BCUT2D eigenvalue weighted by Crippen LogP contribution is 2.24. The van der Waals surface area contributed by atoms with Crippen LogP contribution in [0.5, 0.6) is 0 Å². The molecule has 5 rings (SSSR count). The molecule has 1 fully saturated rings. The Morgan fingerprint density at radius 3 is 2.49 bits per heavy atom. The highest BCUT2D eigenvalue weighted by Gasteiger charge is 2.20. The van der Waals surface area contributed by atoms with Gasteiger partial charge in [0.25, 0.3) is 5.91 Å². The summed E-state index contributed by atoms with van der Waals surface area (Å²) in [6.45, 7) is 5.60. The van der Waals surface area contributed by atoms with E-state index < -0.39 is 0 Å². The minimum atomic E-state index is -0.130. The molecule has 8 nitrogen and oxygen atoms in total. The third kappa shape index (κ3) is 7.69. The van der Waals surface area contributed by atoms with Crippen LogP contribution in [0, 0.1) is 0 Å². The normalized spacial score (nSPS) is 13.9. The number of aromatic nitrogens is 2. The number of methoxy groups -OCH3 is 1. The second-order valence-electron chi connectivity index (χ2n) is 9.43. The van der Waals surface area contributed by atoms with E-state index in [9.17, 15) is 4.79 Å². The Kier molecular flexibility index (Phi) is 9.26. The molecule has 9 heteroatoms. The Morgan fingerprint density at radius 1 is 0.974 bits per heavy atom. The first-order valence-electron chi connectivity index (χ1n) is 13.1. The second-order valence-corrected chi connectivity index (χ2v) is 10.4. The summed E-state index contributed by atoms with van der Waals surface area (Å²) >= 11 is 1.59. The standard InChI is InChI=1S/C30H33N5O3S/c1-37-21-26-18-28(35-15-13-34(14-16-35)20-23-6-3-2-4-7-23)33-30(32-26)39-22-24-9-11-25(12-10-24)29(36)31-19-27-8-5-17-38-27/h2-12,17-18H,13-16,19-22H2,1H3,(H,31,36). The van der Waals surface area contributed by atoms with Gasteiger partial charge in [-0.1, -0.05) is 54.2 Å². The molecule has 1 saturated heterocycles. The van der Waals surface area contributed by atoms with Gasteiger partial charge in [0.2, 0.25) is 0 Å². The van der Waals surface area contributed by atoms with Crippen LogP contribution in [-0.4, -0.2) is 54.1 Å². The number of carbonyl (C=O) groups is 1. The molecule has 2 aromatic carbocycles. The van der Waals surface area contributed by atoms with Crippen LogP contribution in [0.15, 0.2) is 88.6 Å². The number of piperazine rings is 1. The monoisotopic (exact) mass is 543 g/mol. The number of carbonyl (C=O) groups excluding carboxylic acids is 1. The molecule has 0 atom stereocenters. The predicted molar refractivity (Wildman–Crippen MR) is 153 cm³/mol. The van der Waals surface area contributed by atoms with E-state index >= 15 is 0 Å². The smallest absolute Gasteiger partial charge is 0.251 e. The summed E-state index contributed by atoms with van der Waals surface area (Å²) in [5.74, 6) is 2.24. The van der Waals surface area contributed by atoms with Crippen LogP contribution in [0.25, 0.3) is 0 Å². The zero-order valence-electron chi connectivity index (χ0n) is 22.1. The first-order valence-corrected chi connectivity index (χ1v) is 14.1. The molecule has 202 valence electrons. The molecule has 0 saturated carbocycles. The highest BCUT2D eigenvalue weighted by molar-refractivity contribution is 7.98. The molecule has 0 radical (unpaired) electrons. The summed E-state index contributed by atoms with van der Waals surface area (Å²) in [6, 6.07) is 23.9. The zero-order chi connectivity index (χ0) is 26.9. The number of thioether (sulfide) groups is 1. The Balaban J connectivity index is 1.17. The number of amides is 1. The fraction of sp³-hybridized carbons (Fsp3) is 0.300. The maximum atomic E-state index is 12.4. The zero-order valence-corrected chi connectivity index (χ0v) is 22.9. The topological polar surface area (TPSA) is 83.7 Å². The van der Waals surface area contributed by atoms with Crippen molar-refractivity contribution in [1.82, 2.24) is 20.2 Å². The summed E-state index contributed by atoms with van der Waals surface area (Å²) in [7, 11) is 1.68. The lowest BCUT2D eigenvalue weighted by Crippen LogP contribution is -2.46. The van der Waals surface area contributed by atoms with Gasteiger partial charge < -0.3 is 19.4 Å². The molecule has 1 aliphatic heterocycles. The van der Waals surface area contributed by atoms with E-state index in [2.05, 4.69) is 45.4 Å². The molecule has 0 spiro atoms. The van der Waals surface area contributed by atoms with Crippen LogP contribution < -0.4 is 10.2 Å². The molecule has 1 aliphatic rings. The Labute approximate surface area is 233 Å². The van der Waals surface area contributed by atoms with Crippen molar-refractivity contribution in [3.8, 4) is 0 Å². The number of ether oxygens (including phenoxy) is 1. The van der Waals surface area contributed by atoms with Crippen LogP contribution in [0.3, 0.4) is 0 Å². The molecule has 4 aromatic rings. The van der Waals surface area contributed by atoms with Gasteiger partial charge in [0.1, 0.15) is 11.6 Å². The molecule has 2 aromatic heterocycles. The molecule has 0 unspecified atom stereocenters. The van der Waals surface area contributed by atoms with Crippen LogP contribution in [0.2, 0.25) is 0 Å². The Bertz CT molecular complexity index is 1320. The van der Waals surface area contributed by atoms with Crippen LogP contribution >= 0.6 is 11.8 Å². The van der Waals surface area contributed by atoms with Crippen molar-refractivity contribution in [3.05, 3.63) is 107 Å². The molecule has 39 heavy (non-hydrogen) atoms. The lowest BCUT2D eigenvalue weighted by molar-refractivity contribution is 0.0948. The number of benzene rings is 2. The Hall–Kier alpha value is -3.66. The SMILES string of the molecule is COCc1cc(N2CCN(Cc3ccccc3)CC2)nc(SCc2ccc(C(=O)NCc3ccco3)cc2)n1. The molecular formula is C30H33N5O3S. The maximum Gasteiger partial charge on any atom is 0.251 e. The van der Waals surface area contributed by atoms with E-state index in [-0.39, 0.29) is 5.91 Å². The van der Waals surface area contributed by atoms with Crippen LogP contribution in [0.4, 0.5) is 5.82 Å². The number of furan rings is 1. The van der Waals surface area contributed by atoms with Gasteiger partial charge in [-0.05, 0) is 35.4 Å². The average molecular weight is 544 g/mol. The fourth-order valence-electron chi connectivity index (χ4n) is 4.47. The first-order chi connectivity index (χ1) is 19.2. The second kappa shape index (κ2) is 13.4. The number of hydrogen-bond donors (Lipinski definition) is 1. The van der Waals surface area contributed by atoms with Gasteiger partial charge in [0.05, 0.1) is 25.1 Å². The quantitative estimate of drug-likeness (QED) is 0.214. The van der Waals surface area contributed by atoms with E-state index in [1.54, 1.807) is 31.2 Å². The minimum absolute atomic E-state index is 0.130. The largest absolute Gasteiger partial charge is 0.467 e. The van der Waals surface area contributed by atoms with Crippen molar-refractivity contribution in [2.45, 2.75) is 30.6 Å². The van der Waals surface area contributed by atoms with Gasteiger partial charge in [-0.25, -0.2) is 9.97 Å². The molecular weight excluding hydrogens is 510 g/mol. The number of hydrogen-bond acceptors (Lipinski definition) is 8. The summed E-state index contributed by atoms with van der Waals surface area (Å²) in [5, 5.41) is 3.60. The molecule has 0 bridgehead atoms. The number of anilines is 1. The van der Waals surface area contributed by atoms with Crippen LogP contribution in [0.1, 0.15) is 32.9 Å². The van der Waals surface area contributed by atoms with Crippen LogP contribution in [-0.2, 0) is 30.2 Å². The third-order valence-corrected chi connectivity index (χ3v) is 7.49. The number of rotatable bonds is 11. The van der Waals surface area contributed by atoms with E-state index in [0.717, 1.165) is 60.7 Å². The van der Waals surface area contributed by atoms with E-state index in [1.807, 2.05) is 36.4 Å². The predicted octanol–water partition coefficient (Wildman–Crippen LogP) is 4.76. The first kappa shape index (κ1) is 26.9. The van der Waals surface area contributed by atoms with E-state index in [1.165, 1.54) is 5.56 Å². The van der Waals surface area contributed by atoms with Crippen molar-refractivity contribution >= 4 is 23.5 Å². The summed E-state index contributed by atoms with van der Waals surface area (Å²) in [4.78, 5) is 26.9. The summed E-state index contributed by atoms with van der Waals surface area (Å²) in [6.07, 6.45) is 1.60. The van der Waals surface area contributed by atoms with Crippen molar-refractivity contribution in [1.29, 1.82) is 0 Å². The lowest BCUT2D eigenvalue weighted by Gasteiger charge is -2.35. The molecule has 1 amide bonds. The average Bonchev–Trinajstić information content (AvgIpc) is 3.50. The minimum Gasteiger partial charge on any atom is -0.467 e. The van der Waals surface area contributed by atoms with Gasteiger partial charge in [-0.15, -0.1) is 0 Å². The highest BCUT2D eigenvalue weighted by atomic mass is 32.2. The molecule has 3 heterocycles. The van der Waals surface area contributed by atoms with Gasteiger partial charge in [0, 0.05) is 57.2 Å².